The van der Waals surface area contributed by atoms with E-state index in [4.69, 9.17) is 9.90 Å². The van der Waals surface area contributed by atoms with Crippen LogP contribution in [0.2, 0.25) is 0 Å². The van der Waals surface area contributed by atoms with Crippen molar-refractivity contribution in [3.8, 4) is 0 Å². The molecule has 1 aromatic rings. The van der Waals surface area contributed by atoms with Gasteiger partial charge in [0.05, 0.1) is 6.04 Å². The Morgan fingerprint density at radius 2 is 1.96 bits per heavy atom. The average molecular weight is 391 g/mol. The molecule has 0 radical (unpaired) electrons. The van der Waals surface area contributed by atoms with E-state index in [-0.39, 0.29) is 23.9 Å². The van der Waals surface area contributed by atoms with Gasteiger partial charge < -0.3 is 15.3 Å². The molecule has 0 unspecified atom stereocenters. The van der Waals surface area contributed by atoms with Crippen molar-refractivity contribution in [2.75, 3.05) is 27.2 Å². The van der Waals surface area contributed by atoms with Crippen LogP contribution < -0.4 is 5.32 Å². The number of nitrogens with one attached hydrogen (secondary N) is 2. The number of H-pyrrole nitrogens is 1. The van der Waals surface area contributed by atoms with E-state index >= 15 is 0 Å². The van der Waals surface area contributed by atoms with E-state index in [1.54, 1.807) is 19.3 Å². The highest BCUT2D eigenvalue weighted by atomic mass is 19.4. The molecular weight excluding hydrogens is 371 g/mol. The third kappa shape index (κ3) is 4.56. The van der Waals surface area contributed by atoms with Crippen molar-refractivity contribution in [1.82, 2.24) is 25.3 Å². The first-order chi connectivity index (χ1) is 12.6. The Hall–Kier alpha value is -2.63. The van der Waals surface area contributed by atoms with Gasteiger partial charge in [-0.3, -0.25) is 19.6 Å². The lowest BCUT2D eigenvalue weighted by atomic mass is 10.0. The van der Waals surface area contributed by atoms with Gasteiger partial charge in [-0.05, 0) is 25.5 Å². The molecule has 0 spiro atoms. The Morgan fingerprint density at radius 1 is 1.33 bits per heavy atom. The maximum atomic E-state index is 12.3. The van der Waals surface area contributed by atoms with E-state index in [2.05, 4.69) is 20.4 Å². The van der Waals surface area contributed by atoms with Gasteiger partial charge in [-0.25, -0.2) is 4.79 Å². The van der Waals surface area contributed by atoms with Crippen molar-refractivity contribution < 1.29 is 32.7 Å². The normalized spacial score (nSPS) is 24.8. The first kappa shape index (κ1) is 20.7. The van der Waals surface area contributed by atoms with Crippen LogP contribution in [0.25, 0.3) is 0 Å². The zero-order chi connectivity index (χ0) is 20.4. The van der Waals surface area contributed by atoms with E-state index in [0.717, 1.165) is 6.42 Å². The highest BCUT2D eigenvalue weighted by Crippen LogP contribution is 2.35. The first-order valence-corrected chi connectivity index (χ1v) is 8.08. The first-order valence-electron chi connectivity index (χ1n) is 8.08. The molecule has 0 bridgehead atoms. The lowest BCUT2D eigenvalue weighted by Crippen LogP contribution is -2.45. The highest BCUT2D eigenvalue weighted by Gasteiger charge is 2.48. The fourth-order valence-corrected chi connectivity index (χ4v) is 3.40. The van der Waals surface area contributed by atoms with Gasteiger partial charge in [0.25, 0.3) is 5.91 Å². The second-order valence-electron chi connectivity index (χ2n) is 6.34. The average Bonchev–Trinajstić information content (AvgIpc) is 3.31. The third-order valence-corrected chi connectivity index (χ3v) is 4.76. The molecule has 150 valence electrons. The molecule has 0 saturated carbocycles. The number of hydrogen-bond acceptors (Lipinski definition) is 5. The Kier molecular flexibility index (Phi) is 6.08. The van der Waals surface area contributed by atoms with Crippen LogP contribution in [0, 0.1) is 5.92 Å². The van der Waals surface area contributed by atoms with E-state index in [9.17, 15) is 22.8 Å². The monoisotopic (exact) mass is 391 g/mol. The van der Waals surface area contributed by atoms with Gasteiger partial charge in [0.2, 0.25) is 5.91 Å². The molecule has 2 fully saturated rings. The number of alkyl halides is 3. The summed E-state index contributed by atoms with van der Waals surface area (Å²) in [5, 5.41) is 16.4. The van der Waals surface area contributed by atoms with Gasteiger partial charge in [0, 0.05) is 32.4 Å². The molecule has 3 rings (SSSR count). The van der Waals surface area contributed by atoms with Crippen LogP contribution in [0.3, 0.4) is 0 Å². The summed E-state index contributed by atoms with van der Waals surface area (Å²) in [6.07, 6.45) is -2.69. The molecule has 2 aliphatic rings. The summed E-state index contributed by atoms with van der Waals surface area (Å²) in [4.78, 5) is 36.9. The number of nitrogens with zero attached hydrogens (tertiary/aromatic N) is 3. The molecule has 12 heteroatoms. The summed E-state index contributed by atoms with van der Waals surface area (Å²) in [5.41, 5.74) is 0.524. The van der Waals surface area contributed by atoms with Crippen LogP contribution in [0.1, 0.15) is 16.9 Å². The van der Waals surface area contributed by atoms with Crippen LogP contribution in [0.4, 0.5) is 13.2 Å². The van der Waals surface area contributed by atoms with Gasteiger partial charge in [-0.1, -0.05) is 0 Å². The van der Waals surface area contributed by atoms with Crippen molar-refractivity contribution in [2.45, 2.75) is 24.7 Å². The molecule has 9 nitrogen and oxygen atoms in total. The van der Waals surface area contributed by atoms with Crippen LogP contribution in [0.5, 0.6) is 0 Å². The molecule has 2 aliphatic heterocycles. The molecule has 3 atom stereocenters. The molecule has 0 aromatic carbocycles. The largest absolute Gasteiger partial charge is 0.490 e. The van der Waals surface area contributed by atoms with E-state index < -0.39 is 12.1 Å². The fourth-order valence-electron chi connectivity index (χ4n) is 3.40. The number of likely N-dealkylation sites (N-methyl/N-ethyl adjacent to an activating group) is 2. The topological polar surface area (TPSA) is 119 Å². The number of halogens is 3. The smallest absolute Gasteiger partial charge is 0.475 e. The second-order valence-corrected chi connectivity index (χ2v) is 6.34. The van der Waals surface area contributed by atoms with E-state index in [1.165, 1.54) is 0 Å². The summed E-state index contributed by atoms with van der Waals surface area (Å²) < 4.78 is 31.7. The fraction of sp³-hybridized carbons (Fsp3) is 0.600. The molecule has 3 N–H and O–H groups in total. The Bertz CT molecular complexity index is 694. The van der Waals surface area contributed by atoms with E-state index in [0.29, 0.717) is 24.7 Å². The number of amides is 2. The maximum absolute atomic E-state index is 12.3. The van der Waals surface area contributed by atoms with Crippen LogP contribution in [0.15, 0.2) is 12.3 Å². The lowest BCUT2D eigenvalue weighted by Gasteiger charge is -2.25. The number of carbonyl (C=O) groups is 3. The standard InChI is InChI=1S/C13H19N5O2.C2HF3O2/c1-14-12(19)10-5-8-6-18(7-11(8)17(10)2)13(20)9-3-4-15-16-9;3-2(4,5)1(6)7/h3-4,8,10-11H,5-7H2,1-2H3,(H,14,19)(H,15,16);(H,6,7)/t8-,10-,11+;/m0./s1. The molecule has 27 heavy (non-hydrogen) atoms. The number of aromatic amines is 1. The van der Waals surface area contributed by atoms with Gasteiger partial charge in [-0.15, -0.1) is 0 Å². The number of carboxylic acids is 1. The predicted molar refractivity (Wildman–Crippen MR) is 85.7 cm³/mol. The number of aliphatic carboxylic acids is 1. The quantitative estimate of drug-likeness (QED) is 0.650. The van der Waals surface area contributed by atoms with Crippen LogP contribution >= 0.6 is 0 Å². The minimum atomic E-state index is -5.08. The number of carboxylic acid groups (broad SMARTS) is 1. The SMILES string of the molecule is CNC(=O)[C@@H]1C[C@H]2CN(C(=O)c3ccn[nH]3)C[C@H]2N1C.O=C(O)C(F)(F)F. The zero-order valence-electron chi connectivity index (χ0n) is 14.7. The van der Waals surface area contributed by atoms with Crippen molar-refractivity contribution >= 4 is 17.8 Å². The molecule has 3 heterocycles. The minimum Gasteiger partial charge on any atom is -0.475 e. The van der Waals surface area contributed by atoms with Crippen LogP contribution in [-0.4, -0.2) is 88.3 Å². The van der Waals surface area contributed by atoms with Crippen LogP contribution in [-0.2, 0) is 9.59 Å². The van der Waals surface area contributed by atoms with Gasteiger partial charge in [0.15, 0.2) is 0 Å². The third-order valence-electron chi connectivity index (χ3n) is 4.76. The molecule has 2 saturated heterocycles. The van der Waals surface area contributed by atoms with Crippen molar-refractivity contribution in [3.63, 3.8) is 0 Å². The molecule has 2 amide bonds. The predicted octanol–water partition coefficient (Wildman–Crippen LogP) is -0.0663. The Labute approximate surface area is 152 Å². The van der Waals surface area contributed by atoms with Crippen molar-refractivity contribution in [2.24, 2.45) is 5.92 Å². The Balaban J connectivity index is 0.000000321. The molecule has 1 aromatic heterocycles. The van der Waals surface area contributed by atoms with Crippen molar-refractivity contribution in [3.05, 3.63) is 18.0 Å². The summed E-state index contributed by atoms with van der Waals surface area (Å²) in [6.45, 7) is 1.38. The van der Waals surface area contributed by atoms with Gasteiger partial charge >= 0.3 is 12.1 Å². The zero-order valence-corrected chi connectivity index (χ0v) is 14.7. The second kappa shape index (κ2) is 7.94. The number of fused-ring (bicyclic) bond motifs is 1. The maximum Gasteiger partial charge on any atom is 0.490 e. The molecule has 0 aliphatic carbocycles. The minimum absolute atomic E-state index is 0.0122. The number of aromatic nitrogens is 2. The number of carbonyl (C=O) groups excluding carboxylic acids is 2. The lowest BCUT2D eigenvalue weighted by molar-refractivity contribution is -0.192. The number of rotatable bonds is 2. The number of likely N-dealkylation sites (tertiary alicyclic amines) is 2. The Morgan fingerprint density at radius 3 is 2.41 bits per heavy atom. The summed E-state index contributed by atoms with van der Waals surface area (Å²) >= 11 is 0. The number of hydrogen-bond donors (Lipinski definition) is 3. The summed E-state index contributed by atoms with van der Waals surface area (Å²) in [5.74, 6) is -2.34. The van der Waals surface area contributed by atoms with Gasteiger partial charge in [0.1, 0.15) is 5.69 Å². The van der Waals surface area contributed by atoms with Crippen molar-refractivity contribution in [1.29, 1.82) is 0 Å². The molecular formula is C15H20F3N5O4. The highest BCUT2D eigenvalue weighted by molar-refractivity contribution is 5.92. The van der Waals surface area contributed by atoms with Gasteiger partial charge in [-0.2, -0.15) is 18.3 Å². The summed E-state index contributed by atoms with van der Waals surface area (Å²) in [7, 11) is 3.63. The summed E-state index contributed by atoms with van der Waals surface area (Å²) in [6, 6.07) is 1.89. The van der Waals surface area contributed by atoms with E-state index in [1.807, 2.05) is 11.9 Å².